The predicted molar refractivity (Wildman–Crippen MR) is 91.3 cm³/mol. The van der Waals surface area contributed by atoms with E-state index in [1.807, 2.05) is 6.07 Å². The number of ether oxygens (including phenoxy) is 2. The summed E-state index contributed by atoms with van der Waals surface area (Å²) in [6, 6.07) is 10.5. The van der Waals surface area contributed by atoms with E-state index in [9.17, 15) is 5.11 Å². The van der Waals surface area contributed by atoms with Crippen molar-refractivity contribution in [2.24, 2.45) is 0 Å². The van der Waals surface area contributed by atoms with E-state index in [0.717, 1.165) is 39.0 Å². The summed E-state index contributed by atoms with van der Waals surface area (Å²) in [5, 5.41) is 10.1. The van der Waals surface area contributed by atoms with Crippen LogP contribution in [0.15, 0.2) is 36.4 Å². The van der Waals surface area contributed by atoms with Gasteiger partial charge >= 0.3 is 0 Å². The van der Waals surface area contributed by atoms with Gasteiger partial charge in [-0.2, -0.15) is 0 Å². The largest absolute Gasteiger partial charge is 0.389 e. The van der Waals surface area contributed by atoms with Crippen molar-refractivity contribution < 1.29 is 14.6 Å². The Bertz CT molecular complexity index is 497. The maximum atomic E-state index is 10.1. The number of aliphatic hydroxyl groups excluding tert-OH is 1. The first-order valence-corrected chi connectivity index (χ1v) is 8.65. The van der Waals surface area contributed by atoms with Gasteiger partial charge in [0.05, 0.1) is 25.4 Å². The Morgan fingerprint density at radius 1 is 1.30 bits per heavy atom. The molecule has 0 saturated carbocycles. The molecule has 0 unspecified atom stereocenters. The highest BCUT2D eigenvalue weighted by molar-refractivity contribution is 5.66. The number of hydrogen-bond donors (Lipinski definition) is 1. The lowest BCUT2D eigenvalue weighted by atomic mass is 9.99. The Labute approximate surface area is 138 Å². The van der Waals surface area contributed by atoms with Gasteiger partial charge < -0.3 is 14.6 Å². The van der Waals surface area contributed by atoms with Crippen LogP contribution in [-0.2, 0) is 9.47 Å². The number of rotatable bonds is 7. The molecule has 0 aliphatic carbocycles. The molecule has 1 saturated heterocycles. The summed E-state index contributed by atoms with van der Waals surface area (Å²) in [5.41, 5.74) is 2.72. The molecule has 4 heteroatoms. The van der Waals surface area contributed by atoms with Crippen LogP contribution >= 0.6 is 0 Å². The Morgan fingerprint density at radius 2 is 2.17 bits per heavy atom. The maximum Gasteiger partial charge on any atom is 0.0900 e. The summed E-state index contributed by atoms with van der Waals surface area (Å²) >= 11 is 0. The van der Waals surface area contributed by atoms with Crippen molar-refractivity contribution in [3.8, 4) is 0 Å². The van der Waals surface area contributed by atoms with Gasteiger partial charge in [0.15, 0.2) is 0 Å². The van der Waals surface area contributed by atoms with Crippen LogP contribution in [0.5, 0.6) is 0 Å². The second kappa shape index (κ2) is 8.60. The summed E-state index contributed by atoms with van der Waals surface area (Å²) in [4.78, 5) is 2.28. The van der Waals surface area contributed by atoms with Crippen LogP contribution in [0.1, 0.15) is 24.8 Å². The number of aliphatic hydroxyl groups is 1. The molecule has 1 fully saturated rings. The van der Waals surface area contributed by atoms with Crippen molar-refractivity contribution in [1.82, 2.24) is 4.90 Å². The van der Waals surface area contributed by atoms with Crippen molar-refractivity contribution in [2.75, 3.05) is 39.5 Å². The fraction of sp³-hybridized carbons (Fsp3) is 0.579. The van der Waals surface area contributed by atoms with Gasteiger partial charge in [-0.3, -0.25) is 4.90 Å². The van der Waals surface area contributed by atoms with Crippen LogP contribution in [0.25, 0.3) is 5.57 Å². The van der Waals surface area contributed by atoms with Gasteiger partial charge in [0.1, 0.15) is 0 Å². The van der Waals surface area contributed by atoms with E-state index in [0.29, 0.717) is 19.8 Å². The average Bonchev–Trinajstić information content (AvgIpc) is 3.10. The third-order valence-corrected chi connectivity index (χ3v) is 4.54. The van der Waals surface area contributed by atoms with E-state index in [4.69, 9.17) is 9.47 Å². The first-order valence-electron chi connectivity index (χ1n) is 8.65. The van der Waals surface area contributed by atoms with Gasteiger partial charge in [0.2, 0.25) is 0 Å². The molecule has 2 heterocycles. The number of β-amino-alcohol motifs (C(OH)–C–C–N with tert-alkyl or cyclic N) is 1. The first kappa shape index (κ1) is 16.7. The highest BCUT2D eigenvalue weighted by Gasteiger charge is 2.18. The summed E-state index contributed by atoms with van der Waals surface area (Å²) in [5.74, 6) is 0. The minimum atomic E-state index is -0.428. The highest BCUT2D eigenvalue weighted by atomic mass is 16.5. The van der Waals surface area contributed by atoms with Crippen LogP contribution in [0.4, 0.5) is 0 Å². The first-order chi connectivity index (χ1) is 11.3. The summed E-state index contributed by atoms with van der Waals surface area (Å²) in [6.07, 6.45) is 5.32. The number of benzene rings is 1. The standard InChI is InChI=1S/C19H27NO3/c21-18(14-22-15-19-7-4-12-23-19)13-20-10-8-17(9-11-20)16-5-2-1-3-6-16/h1-3,5-6,8,18-19,21H,4,7,9-15H2/t18-,19+/m0/s1. The topological polar surface area (TPSA) is 41.9 Å². The van der Waals surface area contributed by atoms with Crippen LogP contribution in [0, 0.1) is 0 Å². The van der Waals surface area contributed by atoms with Crippen molar-refractivity contribution >= 4 is 5.57 Å². The minimum absolute atomic E-state index is 0.230. The normalized spacial score (nSPS) is 23.7. The number of nitrogens with zero attached hydrogens (tertiary/aromatic N) is 1. The van der Waals surface area contributed by atoms with Crippen LogP contribution in [-0.4, -0.2) is 61.7 Å². The maximum absolute atomic E-state index is 10.1. The Hall–Kier alpha value is -1.20. The lowest BCUT2D eigenvalue weighted by molar-refractivity contribution is -0.0244. The third-order valence-electron chi connectivity index (χ3n) is 4.54. The molecular weight excluding hydrogens is 290 g/mol. The molecule has 3 rings (SSSR count). The van der Waals surface area contributed by atoms with Gasteiger partial charge in [-0.25, -0.2) is 0 Å². The second-order valence-corrected chi connectivity index (χ2v) is 6.43. The SMILES string of the molecule is O[C@H](COC[C@H]1CCCO1)CN1CC=C(c2ccccc2)CC1. The van der Waals surface area contributed by atoms with Crippen molar-refractivity contribution in [3.05, 3.63) is 42.0 Å². The molecule has 0 bridgehead atoms. The zero-order chi connectivity index (χ0) is 15.9. The van der Waals surface area contributed by atoms with Crippen molar-refractivity contribution in [3.63, 3.8) is 0 Å². The van der Waals surface area contributed by atoms with Crippen LogP contribution in [0.3, 0.4) is 0 Å². The number of hydrogen-bond acceptors (Lipinski definition) is 4. The monoisotopic (exact) mass is 317 g/mol. The van der Waals surface area contributed by atoms with Crippen molar-refractivity contribution in [1.29, 1.82) is 0 Å². The highest BCUT2D eigenvalue weighted by Crippen LogP contribution is 2.22. The predicted octanol–water partition coefficient (Wildman–Crippen LogP) is 2.33. The molecule has 23 heavy (non-hydrogen) atoms. The molecule has 0 aromatic heterocycles. The zero-order valence-corrected chi connectivity index (χ0v) is 13.7. The Morgan fingerprint density at radius 3 is 2.87 bits per heavy atom. The summed E-state index contributed by atoms with van der Waals surface area (Å²) in [7, 11) is 0. The van der Waals surface area contributed by atoms with E-state index in [1.54, 1.807) is 0 Å². The molecule has 2 aliphatic rings. The molecule has 4 nitrogen and oxygen atoms in total. The molecule has 2 atom stereocenters. The Kier molecular flexibility index (Phi) is 6.22. The smallest absolute Gasteiger partial charge is 0.0900 e. The van der Waals surface area contributed by atoms with Gasteiger partial charge in [0.25, 0.3) is 0 Å². The lowest BCUT2D eigenvalue weighted by Crippen LogP contribution is -2.37. The van der Waals surface area contributed by atoms with Crippen LogP contribution < -0.4 is 0 Å². The van der Waals surface area contributed by atoms with E-state index in [2.05, 4.69) is 35.2 Å². The van der Waals surface area contributed by atoms with Gasteiger partial charge in [-0.05, 0) is 30.4 Å². The molecule has 0 spiro atoms. The van der Waals surface area contributed by atoms with E-state index in [-0.39, 0.29) is 6.10 Å². The van der Waals surface area contributed by atoms with Gasteiger partial charge in [-0.15, -0.1) is 0 Å². The summed E-state index contributed by atoms with van der Waals surface area (Å²) in [6.45, 7) is 4.40. The molecule has 1 aromatic carbocycles. The molecule has 0 amide bonds. The Balaban J connectivity index is 1.37. The third kappa shape index (κ3) is 5.15. The zero-order valence-electron chi connectivity index (χ0n) is 13.7. The molecular formula is C19H27NO3. The quantitative estimate of drug-likeness (QED) is 0.838. The molecule has 1 N–H and O–H groups in total. The summed E-state index contributed by atoms with van der Waals surface area (Å²) < 4.78 is 11.1. The minimum Gasteiger partial charge on any atom is -0.389 e. The van der Waals surface area contributed by atoms with E-state index < -0.39 is 6.10 Å². The van der Waals surface area contributed by atoms with E-state index in [1.165, 1.54) is 11.1 Å². The molecule has 2 aliphatic heterocycles. The molecule has 126 valence electrons. The van der Waals surface area contributed by atoms with Crippen LogP contribution in [0.2, 0.25) is 0 Å². The molecule has 1 aromatic rings. The van der Waals surface area contributed by atoms with Gasteiger partial charge in [-0.1, -0.05) is 36.4 Å². The van der Waals surface area contributed by atoms with E-state index >= 15 is 0 Å². The fourth-order valence-electron chi connectivity index (χ4n) is 3.25. The van der Waals surface area contributed by atoms with Crippen molar-refractivity contribution in [2.45, 2.75) is 31.5 Å². The molecule has 0 radical (unpaired) electrons. The fourth-order valence-corrected chi connectivity index (χ4v) is 3.25. The average molecular weight is 317 g/mol. The van der Waals surface area contributed by atoms with Gasteiger partial charge in [0, 0.05) is 26.2 Å². The second-order valence-electron chi connectivity index (χ2n) is 6.43. The lowest BCUT2D eigenvalue weighted by Gasteiger charge is -2.28.